The molecule has 7 heteroatoms. The lowest BCUT2D eigenvalue weighted by molar-refractivity contribution is -0.137. The first-order valence-corrected chi connectivity index (χ1v) is 6.75. The molecule has 0 unspecified atom stereocenters. The van der Waals surface area contributed by atoms with Gasteiger partial charge in [-0.15, -0.1) is 0 Å². The molecule has 0 aromatic heterocycles. The standard InChI is InChI=1S/C14H17F3N2O2/c15-14(16,17)10-3-1-5-12(7-10)21-9-13(20)19-11-4-2-6-18-8-11/h1,3,5,7,11,18H,2,4,6,8-9H2,(H,19,20)/t11-/m0/s1. The molecule has 1 aromatic rings. The molecule has 1 aromatic carbocycles. The lowest BCUT2D eigenvalue weighted by atomic mass is 10.1. The third-order valence-corrected chi connectivity index (χ3v) is 3.19. The van der Waals surface area contributed by atoms with Crippen LogP contribution in [0.25, 0.3) is 0 Å². The van der Waals surface area contributed by atoms with Gasteiger partial charge in [-0.05, 0) is 37.6 Å². The zero-order valence-corrected chi connectivity index (χ0v) is 11.4. The Bertz CT molecular complexity index is 485. The minimum Gasteiger partial charge on any atom is -0.484 e. The van der Waals surface area contributed by atoms with Gasteiger partial charge in [-0.2, -0.15) is 13.2 Å². The number of rotatable bonds is 4. The second-order valence-corrected chi connectivity index (χ2v) is 4.93. The van der Waals surface area contributed by atoms with Crippen molar-refractivity contribution in [1.29, 1.82) is 0 Å². The molecule has 1 aliphatic heterocycles. The van der Waals surface area contributed by atoms with E-state index in [0.29, 0.717) is 6.54 Å². The Morgan fingerprint density at radius 1 is 1.43 bits per heavy atom. The molecular weight excluding hydrogens is 285 g/mol. The fraction of sp³-hybridized carbons (Fsp3) is 0.500. The molecular formula is C14H17F3N2O2. The molecule has 116 valence electrons. The van der Waals surface area contributed by atoms with E-state index in [0.717, 1.165) is 31.5 Å². The van der Waals surface area contributed by atoms with E-state index in [2.05, 4.69) is 10.6 Å². The quantitative estimate of drug-likeness (QED) is 0.894. The molecule has 0 saturated carbocycles. The summed E-state index contributed by atoms with van der Waals surface area (Å²) in [6, 6.07) is 4.54. The van der Waals surface area contributed by atoms with Gasteiger partial charge in [0.05, 0.1) is 5.56 Å². The van der Waals surface area contributed by atoms with Gasteiger partial charge in [-0.25, -0.2) is 0 Å². The summed E-state index contributed by atoms with van der Waals surface area (Å²) in [6.07, 6.45) is -2.54. The molecule has 1 aliphatic rings. The number of benzene rings is 1. The van der Waals surface area contributed by atoms with Gasteiger partial charge in [0.25, 0.3) is 5.91 Å². The topological polar surface area (TPSA) is 50.4 Å². The fourth-order valence-electron chi connectivity index (χ4n) is 2.16. The smallest absolute Gasteiger partial charge is 0.416 e. The Kier molecular flexibility index (Phi) is 5.06. The number of carbonyl (C=O) groups is 1. The van der Waals surface area contributed by atoms with Crippen LogP contribution in [0.15, 0.2) is 24.3 Å². The zero-order valence-electron chi connectivity index (χ0n) is 11.4. The summed E-state index contributed by atoms with van der Waals surface area (Å²) in [4.78, 5) is 11.7. The number of nitrogens with one attached hydrogen (secondary N) is 2. The maximum Gasteiger partial charge on any atom is 0.416 e. The van der Waals surface area contributed by atoms with Gasteiger partial charge in [0, 0.05) is 12.6 Å². The minimum absolute atomic E-state index is 0.0294. The number of ether oxygens (including phenoxy) is 1. The monoisotopic (exact) mass is 302 g/mol. The van der Waals surface area contributed by atoms with Crippen LogP contribution in [0.2, 0.25) is 0 Å². The summed E-state index contributed by atoms with van der Waals surface area (Å²) in [6.45, 7) is 1.35. The van der Waals surface area contributed by atoms with Gasteiger partial charge in [-0.3, -0.25) is 4.79 Å². The van der Waals surface area contributed by atoms with Crippen LogP contribution in [0.1, 0.15) is 18.4 Å². The predicted molar refractivity (Wildman–Crippen MR) is 71.0 cm³/mol. The van der Waals surface area contributed by atoms with Crippen molar-refractivity contribution in [3.8, 4) is 5.75 Å². The fourth-order valence-corrected chi connectivity index (χ4v) is 2.16. The molecule has 1 atom stereocenters. The predicted octanol–water partition coefficient (Wildman–Crippen LogP) is 1.95. The summed E-state index contributed by atoms with van der Waals surface area (Å²) < 4.78 is 42.7. The van der Waals surface area contributed by atoms with Gasteiger partial charge < -0.3 is 15.4 Å². The Balaban J connectivity index is 1.83. The molecule has 2 rings (SSSR count). The van der Waals surface area contributed by atoms with E-state index in [-0.39, 0.29) is 24.3 Å². The molecule has 1 amide bonds. The van der Waals surface area contributed by atoms with Gasteiger partial charge in [0.15, 0.2) is 6.61 Å². The Hall–Kier alpha value is -1.76. The van der Waals surface area contributed by atoms with Crippen LogP contribution in [0, 0.1) is 0 Å². The highest BCUT2D eigenvalue weighted by molar-refractivity contribution is 5.77. The molecule has 0 bridgehead atoms. The maximum absolute atomic E-state index is 12.5. The minimum atomic E-state index is -4.42. The molecule has 1 saturated heterocycles. The highest BCUT2D eigenvalue weighted by Gasteiger charge is 2.30. The van der Waals surface area contributed by atoms with Gasteiger partial charge in [0.2, 0.25) is 0 Å². The number of carbonyl (C=O) groups excluding carboxylic acids is 1. The van der Waals surface area contributed by atoms with E-state index in [9.17, 15) is 18.0 Å². The van der Waals surface area contributed by atoms with Crippen molar-refractivity contribution in [3.63, 3.8) is 0 Å². The lowest BCUT2D eigenvalue weighted by Crippen LogP contribution is -2.46. The summed E-state index contributed by atoms with van der Waals surface area (Å²) in [7, 11) is 0. The SMILES string of the molecule is O=C(COc1cccc(C(F)(F)F)c1)N[C@H]1CCCNC1. The highest BCUT2D eigenvalue weighted by Crippen LogP contribution is 2.31. The average Bonchev–Trinajstić information content (AvgIpc) is 2.46. The number of halogens is 3. The van der Waals surface area contributed by atoms with Crippen LogP contribution >= 0.6 is 0 Å². The van der Waals surface area contributed by atoms with Crippen LogP contribution in [-0.4, -0.2) is 31.6 Å². The van der Waals surface area contributed by atoms with Crippen LogP contribution in [-0.2, 0) is 11.0 Å². The van der Waals surface area contributed by atoms with Crippen molar-refractivity contribution in [3.05, 3.63) is 29.8 Å². The van der Waals surface area contributed by atoms with E-state index < -0.39 is 11.7 Å². The third kappa shape index (κ3) is 4.93. The first-order chi connectivity index (χ1) is 9.95. The number of alkyl halides is 3. The molecule has 21 heavy (non-hydrogen) atoms. The Labute approximate surface area is 120 Å². The van der Waals surface area contributed by atoms with Crippen LogP contribution < -0.4 is 15.4 Å². The van der Waals surface area contributed by atoms with Crippen molar-refractivity contribution >= 4 is 5.91 Å². The number of hydrogen-bond donors (Lipinski definition) is 2. The third-order valence-electron chi connectivity index (χ3n) is 3.19. The van der Waals surface area contributed by atoms with Crippen LogP contribution in [0.3, 0.4) is 0 Å². The summed E-state index contributed by atoms with van der Waals surface area (Å²) in [5.74, 6) is -0.303. The maximum atomic E-state index is 12.5. The van der Waals surface area contributed by atoms with Gasteiger partial charge in [-0.1, -0.05) is 6.07 Å². The molecule has 0 radical (unpaired) electrons. The zero-order chi connectivity index (χ0) is 15.3. The second-order valence-electron chi connectivity index (χ2n) is 4.93. The number of piperidine rings is 1. The van der Waals surface area contributed by atoms with E-state index in [1.807, 2.05) is 0 Å². The summed E-state index contributed by atoms with van der Waals surface area (Å²) >= 11 is 0. The van der Waals surface area contributed by atoms with E-state index in [4.69, 9.17) is 4.74 Å². The van der Waals surface area contributed by atoms with Crippen LogP contribution in [0.4, 0.5) is 13.2 Å². The van der Waals surface area contributed by atoms with Crippen molar-refractivity contribution in [2.75, 3.05) is 19.7 Å². The Morgan fingerprint density at radius 3 is 2.90 bits per heavy atom. The molecule has 1 heterocycles. The van der Waals surface area contributed by atoms with Crippen molar-refractivity contribution in [2.24, 2.45) is 0 Å². The number of amides is 1. The van der Waals surface area contributed by atoms with Crippen molar-refractivity contribution in [2.45, 2.75) is 25.1 Å². The van der Waals surface area contributed by atoms with Gasteiger partial charge in [0.1, 0.15) is 5.75 Å². The highest BCUT2D eigenvalue weighted by atomic mass is 19.4. The lowest BCUT2D eigenvalue weighted by Gasteiger charge is -2.23. The first-order valence-electron chi connectivity index (χ1n) is 6.75. The second kappa shape index (κ2) is 6.80. The normalized spacial score (nSPS) is 19.1. The molecule has 4 nitrogen and oxygen atoms in total. The van der Waals surface area contributed by atoms with Crippen molar-refractivity contribution in [1.82, 2.24) is 10.6 Å². The van der Waals surface area contributed by atoms with Crippen LogP contribution in [0.5, 0.6) is 5.75 Å². The van der Waals surface area contributed by atoms with Crippen molar-refractivity contribution < 1.29 is 22.7 Å². The van der Waals surface area contributed by atoms with E-state index in [1.165, 1.54) is 12.1 Å². The Morgan fingerprint density at radius 2 is 2.24 bits per heavy atom. The molecule has 0 spiro atoms. The van der Waals surface area contributed by atoms with E-state index in [1.54, 1.807) is 0 Å². The molecule has 1 fully saturated rings. The average molecular weight is 302 g/mol. The van der Waals surface area contributed by atoms with E-state index >= 15 is 0 Å². The first kappa shape index (κ1) is 15.6. The van der Waals surface area contributed by atoms with Gasteiger partial charge >= 0.3 is 6.18 Å². The number of hydrogen-bond acceptors (Lipinski definition) is 3. The summed E-state index contributed by atoms with van der Waals surface area (Å²) in [5, 5.41) is 5.94. The largest absolute Gasteiger partial charge is 0.484 e. The molecule has 2 N–H and O–H groups in total. The summed E-state index contributed by atoms with van der Waals surface area (Å²) in [5.41, 5.74) is -0.795. The molecule has 0 aliphatic carbocycles.